The van der Waals surface area contributed by atoms with E-state index in [4.69, 9.17) is 37.9 Å². The second-order valence-electron chi connectivity index (χ2n) is 28.2. The maximum Gasteiger partial charge on any atom is 0.262 e. The van der Waals surface area contributed by atoms with Gasteiger partial charge in [0.2, 0.25) is 11.8 Å². The molecule has 0 saturated carbocycles. The first-order valence-corrected chi connectivity index (χ1v) is 36.6. The zero-order valence-corrected chi connectivity index (χ0v) is 59.7. The Morgan fingerprint density at radius 2 is 0.615 bits per heavy atom. The molecule has 9 aromatic rings. The molecule has 15 rings (SSSR count). The maximum atomic E-state index is 16.5. The van der Waals surface area contributed by atoms with Gasteiger partial charge < -0.3 is 69.0 Å². The molecule has 0 bridgehead atoms. The molecule has 0 aliphatic carbocycles. The molecule has 104 heavy (non-hydrogen) atoms. The van der Waals surface area contributed by atoms with E-state index in [1.165, 1.54) is 0 Å². The molecule has 4 saturated heterocycles. The molecule has 0 aromatic heterocycles. The predicted octanol–water partition coefficient (Wildman–Crippen LogP) is 11.3. The van der Waals surface area contributed by atoms with Crippen LogP contribution in [-0.4, -0.2) is 197 Å². The Labute approximate surface area is 603 Å². The second kappa shape index (κ2) is 30.2. The molecule has 6 unspecified atom stereocenters. The van der Waals surface area contributed by atoms with E-state index in [1.807, 2.05) is 139 Å². The monoisotopic (exact) mass is 1410 g/mol. The van der Waals surface area contributed by atoms with Gasteiger partial charge in [-0.25, -0.2) is 0 Å². The van der Waals surface area contributed by atoms with Crippen molar-refractivity contribution < 1.29 is 66.7 Å². The summed E-state index contributed by atoms with van der Waals surface area (Å²) in [6, 6.07) is 33.9. The molecule has 540 valence electrons. The molecule has 6 amide bonds. The molecule has 0 radical (unpaired) electrons. The van der Waals surface area contributed by atoms with E-state index in [0.29, 0.717) is 147 Å². The van der Waals surface area contributed by atoms with Gasteiger partial charge in [-0.15, -0.1) is 0 Å². The predicted molar refractivity (Wildman–Crippen MR) is 395 cm³/mol. The van der Waals surface area contributed by atoms with Crippen LogP contribution in [-0.2, 0) is 28.5 Å². The average molecular weight is 1410 g/mol. The number of fused-ring (bicyclic) bond motifs is 2. The van der Waals surface area contributed by atoms with Crippen LogP contribution in [0.1, 0.15) is 103 Å². The topological polar surface area (TPSA) is 251 Å². The van der Waals surface area contributed by atoms with Gasteiger partial charge in [-0.3, -0.25) is 38.6 Å². The van der Waals surface area contributed by atoms with Gasteiger partial charge in [-0.05, 0) is 113 Å². The van der Waals surface area contributed by atoms with E-state index >= 15 is 28.8 Å². The van der Waals surface area contributed by atoms with Gasteiger partial charge in [-0.2, -0.15) is 0 Å². The zero-order valence-electron chi connectivity index (χ0n) is 59.7. The van der Waals surface area contributed by atoms with Crippen molar-refractivity contribution in [2.24, 2.45) is 0 Å². The molecule has 4 N–H and O–H groups in total. The lowest BCUT2D eigenvalue weighted by atomic mass is 9.80. The Morgan fingerprint density at radius 3 is 0.827 bits per heavy atom. The first kappa shape index (κ1) is 70.1. The Hall–Kier alpha value is -9.62. The number of hydrogen-bond acceptors (Lipinski definition) is 18. The van der Waals surface area contributed by atoms with Crippen LogP contribution >= 0.6 is 0 Å². The number of epoxide rings is 4. The van der Waals surface area contributed by atoms with Gasteiger partial charge in [0.05, 0.1) is 73.1 Å². The van der Waals surface area contributed by atoms with E-state index in [2.05, 4.69) is 21.3 Å². The van der Waals surface area contributed by atoms with Crippen LogP contribution in [0.15, 0.2) is 121 Å². The summed E-state index contributed by atoms with van der Waals surface area (Å²) < 4.78 is 51.0. The van der Waals surface area contributed by atoms with Gasteiger partial charge in [0.15, 0.2) is 0 Å². The lowest BCUT2D eigenvalue weighted by Crippen LogP contribution is -2.56. The van der Waals surface area contributed by atoms with Gasteiger partial charge in [0, 0.05) is 122 Å². The van der Waals surface area contributed by atoms with E-state index in [0.717, 1.165) is 32.1 Å². The largest absolute Gasteiger partial charge is 0.457 e. The van der Waals surface area contributed by atoms with Gasteiger partial charge >= 0.3 is 0 Å². The summed E-state index contributed by atoms with van der Waals surface area (Å²) in [7, 11) is 0. The molecular weight excluding hydrogens is 1320 g/mol. The number of nitrogens with one attached hydrogen (secondary N) is 4. The quantitative estimate of drug-likeness (QED) is 0.00936. The molecule has 6 aliphatic heterocycles. The standard InChI is InChI=1S/C82H88N8O14/c1-7-9-63(81(95)87(31-27-83-39-55-43-97-55)32-28-84-40-56-44-98-56)89-77(91)59-35-65(101-51-19-11-47(3)12-20-51)71-73-67(103-53-23-15-49(5)16-24-53)37-61-70-62(80(94)90(79(61)93)64(10-8-2)82(96)88(33-29-85-41-57-45-99-57)34-30-86-42-58-46-100-58)38-68(104-54-25-17-50(6)18-26-54)74(76(70)73)72-66(102-52-21-13-48(4)14-22-52)36-60(78(89)92)69(59)75(71)72/h11-26,35-38,55-58,63-64,83-86H,7-10,27-34,39-46H2,1-6H3. The van der Waals surface area contributed by atoms with Crippen molar-refractivity contribution in [1.82, 2.24) is 40.9 Å². The fourth-order valence-corrected chi connectivity index (χ4v) is 14.4. The smallest absolute Gasteiger partial charge is 0.262 e. The number of ether oxygens (including phenoxy) is 8. The minimum absolute atomic E-state index is 0.0689. The van der Waals surface area contributed by atoms with Crippen molar-refractivity contribution in [3.8, 4) is 46.0 Å². The van der Waals surface area contributed by atoms with Gasteiger partial charge in [-0.1, -0.05) is 97.5 Å². The molecule has 0 spiro atoms. The van der Waals surface area contributed by atoms with E-state index in [9.17, 15) is 0 Å². The number of aryl methyl sites for hydroxylation is 4. The molecule has 22 nitrogen and oxygen atoms in total. The Balaban J connectivity index is 0.983. The van der Waals surface area contributed by atoms with Crippen LogP contribution in [0.25, 0.3) is 43.1 Å². The van der Waals surface area contributed by atoms with E-state index in [-0.39, 0.29) is 119 Å². The van der Waals surface area contributed by atoms with Crippen LogP contribution in [0.3, 0.4) is 0 Å². The third kappa shape index (κ3) is 14.8. The van der Waals surface area contributed by atoms with E-state index in [1.54, 1.807) is 34.1 Å². The molecule has 6 aliphatic rings. The average Bonchev–Trinajstić information content (AvgIpc) is 0.753. The fourth-order valence-electron chi connectivity index (χ4n) is 14.4. The van der Waals surface area contributed by atoms with Crippen molar-refractivity contribution in [2.75, 3.05) is 105 Å². The minimum atomic E-state index is -1.25. The first-order valence-electron chi connectivity index (χ1n) is 36.6. The maximum absolute atomic E-state index is 16.5. The van der Waals surface area contributed by atoms with Crippen molar-refractivity contribution in [3.05, 3.63) is 166 Å². The zero-order chi connectivity index (χ0) is 71.9. The number of carbonyl (C=O) groups is 6. The SMILES string of the molecule is CCCC(C(=O)N(CCNCC1CO1)CCNCC1CO1)N1C(=O)c2cc(Oc3ccc(C)cc3)c3c4c(Oc5ccc(C)cc5)cc5c6c(cc(Oc7ccc(C)cc7)c(c7c(Oc8ccc(C)cc8)cc(c2c37)C1=O)c64)C(=O)N(C(CCC)C(=O)N(CCNCC1CO1)CCNCC1CO1)C5=O. The number of hydrogen-bond donors (Lipinski definition) is 4. The lowest BCUT2D eigenvalue weighted by Gasteiger charge is -2.37. The van der Waals surface area contributed by atoms with Crippen molar-refractivity contribution >= 4 is 78.5 Å². The summed E-state index contributed by atoms with van der Waals surface area (Å²) in [5, 5.41) is 16.2. The Kier molecular flexibility index (Phi) is 20.4. The van der Waals surface area contributed by atoms with Crippen LogP contribution in [0, 0.1) is 27.7 Å². The molecule has 6 atom stereocenters. The number of amides is 6. The third-order valence-electron chi connectivity index (χ3n) is 20.2. The number of benzene rings is 9. The Morgan fingerprint density at radius 1 is 0.385 bits per heavy atom. The van der Waals surface area contributed by atoms with Crippen LogP contribution < -0.4 is 40.2 Å². The Bertz CT molecular complexity index is 4190. The number of carbonyl (C=O) groups excluding carboxylic acids is 6. The normalized spacial score (nSPS) is 18.4. The van der Waals surface area contributed by atoms with Gasteiger partial charge in [0.25, 0.3) is 23.6 Å². The molecule has 9 aromatic carbocycles. The number of nitrogens with zero attached hydrogens (tertiary/aromatic N) is 4. The van der Waals surface area contributed by atoms with E-state index < -0.39 is 47.5 Å². The summed E-state index contributed by atoms with van der Waals surface area (Å²) >= 11 is 0. The summed E-state index contributed by atoms with van der Waals surface area (Å²) in [4.78, 5) is 103. The lowest BCUT2D eigenvalue weighted by molar-refractivity contribution is -0.136. The highest BCUT2D eigenvalue weighted by atomic mass is 16.6. The summed E-state index contributed by atoms with van der Waals surface area (Å²) in [6.45, 7) is 19.8. The first-order chi connectivity index (χ1) is 50.6. The highest BCUT2D eigenvalue weighted by molar-refractivity contribution is 6.45. The van der Waals surface area contributed by atoms with Crippen molar-refractivity contribution in [3.63, 3.8) is 0 Å². The van der Waals surface area contributed by atoms with Crippen molar-refractivity contribution in [2.45, 2.75) is 104 Å². The molecular formula is C82H88N8O14. The highest BCUT2D eigenvalue weighted by Crippen LogP contribution is 2.58. The second-order valence-corrected chi connectivity index (χ2v) is 28.2. The highest BCUT2D eigenvalue weighted by Gasteiger charge is 2.47. The van der Waals surface area contributed by atoms with Crippen LogP contribution in [0.2, 0.25) is 0 Å². The van der Waals surface area contributed by atoms with Crippen LogP contribution in [0.5, 0.6) is 46.0 Å². The molecule has 6 heterocycles. The van der Waals surface area contributed by atoms with Crippen molar-refractivity contribution in [1.29, 1.82) is 0 Å². The fraction of sp³-hybridized carbons (Fsp3) is 0.390. The summed E-state index contributed by atoms with van der Waals surface area (Å²) in [5.74, 6) is -1.55. The summed E-state index contributed by atoms with van der Waals surface area (Å²) in [6.07, 6.45) is 1.61. The minimum Gasteiger partial charge on any atom is -0.457 e. The number of imide groups is 2. The van der Waals surface area contributed by atoms with Gasteiger partial charge in [0.1, 0.15) is 58.1 Å². The van der Waals surface area contributed by atoms with Crippen LogP contribution in [0.4, 0.5) is 0 Å². The third-order valence-corrected chi connectivity index (χ3v) is 20.2. The summed E-state index contributed by atoms with van der Waals surface area (Å²) in [5.41, 5.74) is 4.10. The number of rotatable bonds is 36. The molecule has 4 fully saturated rings. The molecule has 22 heteroatoms.